The van der Waals surface area contributed by atoms with Gasteiger partial charge in [0.15, 0.2) is 0 Å². The molecule has 30 heavy (non-hydrogen) atoms. The fourth-order valence-corrected chi connectivity index (χ4v) is 2.70. The Bertz CT molecular complexity index is 1040. The van der Waals surface area contributed by atoms with Gasteiger partial charge in [0.25, 0.3) is 5.69 Å². The number of benzene rings is 3. The Kier molecular flexibility index (Phi) is 6.89. The van der Waals surface area contributed by atoms with Crippen molar-refractivity contribution in [2.45, 2.75) is 20.0 Å². The first kappa shape index (κ1) is 20.7. The summed E-state index contributed by atoms with van der Waals surface area (Å²) in [7, 11) is 0. The van der Waals surface area contributed by atoms with E-state index in [9.17, 15) is 14.9 Å². The molecule has 0 fully saturated rings. The van der Waals surface area contributed by atoms with E-state index in [1.54, 1.807) is 18.2 Å². The first-order valence-corrected chi connectivity index (χ1v) is 9.34. The summed E-state index contributed by atoms with van der Waals surface area (Å²) in [6.07, 6.45) is 1.77. The molecule has 3 aromatic rings. The molecule has 0 aromatic heterocycles. The minimum Gasteiger partial charge on any atom is -0.488 e. The molecule has 1 N–H and O–H groups in total. The zero-order chi connectivity index (χ0) is 21.3. The van der Waals surface area contributed by atoms with Gasteiger partial charge in [-0.1, -0.05) is 42.0 Å². The summed E-state index contributed by atoms with van der Waals surface area (Å²) in [5, 5.41) is 14.8. The van der Waals surface area contributed by atoms with E-state index >= 15 is 0 Å². The summed E-state index contributed by atoms with van der Waals surface area (Å²) < 4.78 is 5.81. The first-order chi connectivity index (χ1) is 14.5. The molecule has 0 radical (unpaired) electrons. The van der Waals surface area contributed by atoms with Crippen LogP contribution in [0, 0.1) is 17.0 Å². The third-order valence-electron chi connectivity index (χ3n) is 4.34. The van der Waals surface area contributed by atoms with Gasteiger partial charge in [0.1, 0.15) is 12.4 Å². The highest BCUT2D eigenvalue weighted by Gasteiger charge is 2.06. The fourth-order valence-electron chi connectivity index (χ4n) is 2.70. The van der Waals surface area contributed by atoms with E-state index in [2.05, 4.69) is 10.5 Å². The van der Waals surface area contributed by atoms with Crippen molar-refractivity contribution in [2.75, 3.05) is 0 Å². The van der Waals surface area contributed by atoms with Crippen molar-refractivity contribution in [3.8, 4) is 5.75 Å². The Morgan fingerprint density at radius 1 is 1.03 bits per heavy atom. The molecule has 3 rings (SSSR count). The molecule has 7 heteroatoms. The van der Waals surface area contributed by atoms with Gasteiger partial charge < -0.3 is 4.74 Å². The third-order valence-corrected chi connectivity index (χ3v) is 4.34. The number of rotatable bonds is 8. The Hall–Kier alpha value is -4.00. The third kappa shape index (κ3) is 6.00. The van der Waals surface area contributed by atoms with Gasteiger partial charge in [-0.05, 0) is 42.3 Å². The second-order valence-corrected chi connectivity index (χ2v) is 6.71. The van der Waals surface area contributed by atoms with Crippen molar-refractivity contribution in [3.63, 3.8) is 0 Å². The summed E-state index contributed by atoms with van der Waals surface area (Å²) in [5.41, 5.74) is 6.12. The number of nitrogens with one attached hydrogen (secondary N) is 1. The standard InChI is InChI=1S/C23H21N3O4/c1-17-6-8-18(9-7-17)14-23(27)25-24-15-20-4-2-3-5-22(20)30-16-19-10-12-21(13-11-19)26(28)29/h2-13,15H,14,16H2,1H3,(H,25,27)/b24-15+. The van der Waals surface area contributed by atoms with E-state index in [1.165, 1.54) is 18.3 Å². The van der Waals surface area contributed by atoms with Gasteiger partial charge >= 0.3 is 0 Å². The molecule has 152 valence electrons. The van der Waals surface area contributed by atoms with Gasteiger partial charge in [-0.2, -0.15) is 5.10 Å². The number of aryl methyl sites for hydroxylation is 1. The number of carbonyl (C=O) groups is 1. The maximum Gasteiger partial charge on any atom is 0.269 e. The summed E-state index contributed by atoms with van der Waals surface area (Å²) >= 11 is 0. The SMILES string of the molecule is Cc1ccc(CC(=O)N/N=C/c2ccccc2OCc2ccc([N+](=O)[O-])cc2)cc1. The zero-order valence-corrected chi connectivity index (χ0v) is 16.4. The molecule has 0 heterocycles. The Labute approximate surface area is 174 Å². The highest BCUT2D eigenvalue weighted by atomic mass is 16.6. The van der Waals surface area contributed by atoms with Gasteiger partial charge in [0, 0.05) is 17.7 Å². The van der Waals surface area contributed by atoms with Gasteiger partial charge in [0.05, 0.1) is 17.6 Å². The van der Waals surface area contributed by atoms with Crippen LogP contribution in [-0.2, 0) is 17.8 Å². The zero-order valence-electron chi connectivity index (χ0n) is 16.4. The molecule has 3 aromatic carbocycles. The lowest BCUT2D eigenvalue weighted by Crippen LogP contribution is -2.19. The van der Waals surface area contributed by atoms with Crippen molar-refractivity contribution in [1.82, 2.24) is 5.43 Å². The number of hydrazone groups is 1. The topological polar surface area (TPSA) is 93.8 Å². The number of hydrogen-bond acceptors (Lipinski definition) is 5. The van der Waals surface area contributed by atoms with E-state index in [0.717, 1.165) is 16.7 Å². The Balaban J connectivity index is 1.57. The molecule has 0 aliphatic heterocycles. The molecule has 0 saturated heterocycles. The number of nitro benzene ring substituents is 1. The molecule has 0 aliphatic rings. The Morgan fingerprint density at radius 3 is 2.40 bits per heavy atom. The van der Waals surface area contributed by atoms with E-state index in [4.69, 9.17) is 4.74 Å². The number of ether oxygens (including phenoxy) is 1. The van der Waals surface area contributed by atoms with Crippen LogP contribution in [0.4, 0.5) is 5.69 Å². The second-order valence-electron chi connectivity index (χ2n) is 6.71. The van der Waals surface area contributed by atoms with Gasteiger partial charge in [0.2, 0.25) is 5.91 Å². The van der Waals surface area contributed by atoms with Gasteiger partial charge in [-0.15, -0.1) is 0 Å². The van der Waals surface area contributed by atoms with Crippen LogP contribution in [-0.4, -0.2) is 17.0 Å². The number of amides is 1. The highest BCUT2D eigenvalue weighted by molar-refractivity contribution is 5.85. The van der Waals surface area contributed by atoms with Crippen molar-refractivity contribution < 1.29 is 14.5 Å². The number of carbonyl (C=O) groups excluding carboxylic acids is 1. The summed E-state index contributed by atoms with van der Waals surface area (Å²) in [5.74, 6) is 0.381. The molecular formula is C23H21N3O4. The van der Waals surface area contributed by atoms with Crippen molar-refractivity contribution in [1.29, 1.82) is 0 Å². The van der Waals surface area contributed by atoms with Crippen LogP contribution in [0.2, 0.25) is 0 Å². The monoisotopic (exact) mass is 403 g/mol. The maximum absolute atomic E-state index is 12.1. The smallest absolute Gasteiger partial charge is 0.269 e. The lowest BCUT2D eigenvalue weighted by molar-refractivity contribution is -0.384. The summed E-state index contributed by atoms with van der Waals surface area (Å²) in [4.78, 5) is 22.3. The number of non-ortho nitro benzene ring substituents is 1. The van der Waals surface area contributed by atoms with Crippen LogP contribution >= 0.6 is 0 Å². The van der Waals surface area contributed by atoms with Crippen molar-refractivity contribution in [2.24, 2.45) is 5.10 Å². The predicted octanol–water partition coefficient (Wildman–Crippen LogP) is 4.18. The van der Waals surface area contributed by atoms with E-state index in [1.807, 2.05) is 49.4 Å². The van der Waals surface area contributed by atoms with Crippen LogP contribution in [0.5, 0.6) is 5.75 Å². The average molecular weight is 403 g/mol. The predicted molar refractivity (Wildman–Crippen MR) is 114 cm³/mol. The number of hydrogen-bond donors (Lipinski definition) is 1. The van der Waals surface area contributed by atoms with Gasteiger partial charge in [-0.25, -0.2) is 5.43 Å². The molecule has 0 spiro atoms. The van der Waals surface area contributed by atoms with Crippen LogP contribution in [0.25, 0.3) is 0 Å². The lowest BCUT2D eigenvalue weighted by atomic mass is 10.1. The number of para-hydroxylation sites is 1. The molecule has 0 atom stereocenters. The molecule has 7 nitrogen and oxygen atoms in total. The molecule has 0 aliphatic carbocycles. The molecule has 0 bridgehead atoms. The first-order valence-electron chi connectivity index (χ1n) is 9.34. The Morgan fingerprint density at radius 2 is 1.70 bits per heavy atom. The lowest BCUT2D eigenvalue weighted by Gasteiger charge is -2.09. The molecule has 0 unspecified atom stereocenters. The minimum atomic E-state index is -0.441. The average Bonchev–Trinajstić information content (AvgIpc) is 2.75. The molecule has 0 saturated carbocycles. The number of nitro groups is 1. The normalized spacial score (nSPS) is 10.7. The van der Waals surface area contributed by atoms with E-state index in [-0.39, 0.29) is 24.6 Å². The summed E-state index contributed by atoms with van der Waals surface area (Å²) in [6.45, 7) is 2.25. The quantitative estimate of drug-likeness (QED) is 0.347. The molecular weight excluding hydrogens is 382 g/mol. The largest absolute Gasteiger partial charge is 0.488 e. The van der Waals surface area contributed by atoms with Crippen LogP contribution in [0.1, 0.15) is 22.3 Å². The minimum absolute atomic E-state index is 0.0349. The molecule has 1 amide bonds. The van der Waals surface area contributed by atoms with Crippen molar-refractivity contribution >= 4 is 17.8 Å². The van der Waals surface area contributed by atoms with E-state index in [0.29, 0.717) is 11.3 Å². The van der Waals surface area contributed by atoms with Crippen LogP contribution in [0.15, 0.2) is 77.9 Å². The van der Waals surface area contributed by atoms with Gasteiger partial charge in [-0.3, -0.25) is 14.9 Å². The van der Waals surface area contributed by atoms with Crippen molar-refractivity contribution in [3.05, 3.63) is 105 Å². The summed E-state index contributed by atoms with van der Waals surface area (Å²) in [6, 6.07) is 21.2. The maximum atomic E-state index is 12.1. The van der Waals surface area contributed by atoms with Crippen LogP contribution < -0.4 is 10.2 Å². The second kappa shape index (κ2) is 9.97. The fraction of sp³-hybridized carbons (Fsp3) is 0.130. The highest BCUT2D eigenvalue weighted by Crippen LogP contribution is 2.19. The van der Waals surface area contributed by atoms with E-state index < -0.39 is 4.92 Å². The number of nitrogens with zero attached hydrogens (tertiary/aromatic N) is 2. The van der Waals surface area contributed by atoms with Crippen LogP contribution in [0.3, 0.4) is 0 Å².